The average Bonchev–Trinajstić information content (AvgIpc) is 3.80. The molecule has 1 amide bonds. The Morgan fingerprint density at radius 1 is 0.900 bits per heavy atom. The molecular weight excluding hydrogens is 781 g/mol. The van der Waals surface area contributed by atoms with Gasteiger partial charge in [0.2, 0.25) is 0 Å². The number of thiazole rings is 1. The van der Waals surface area contributed by atoms with Crippen LogP contribution in [0.1, 0.15) is 83.6 Å². The van der Waals surface area contributed by atoms with Gasteiger partial charge >= 0.3 is 5.97 Å². The van der Waals surface area contributed by atoms with Crippen molar-refractivity contribution in [2.45, 2.75) is 78.0 Å². The van der Waals surface area contributed by atoms with Gasteiger partial charge in [-0.2, -0.15) is 5.10 Å². The zero-order valence-corrected chi connectivity index (χ0v) is 35.9. The van der Waals surface area contributed by atoms with Crippen molar-refractivity contribution in [3.05, 3.63) is 88.9 Å². The Balaban J connectivity index is 0.962. The second kappa shape index (κ2) is 18.1. The predicted octanol–water partition coefficient (Wildman–Crippen LogP) is 8.05. The fourth-order valence-corrected chi connectivity index (χ4v) is 11.3. The topological polar surface area (TPSA) is 150 Å². The van der Waals surface area contributed by atoms with Crippen LogP contribution >= 0.6 is 11.3 Å². The molecule has 2 N–H and O–H groups in total. The summed E-state index contributed by atoms with van der Waals surface area (Å²) in [5, 5.41) is 19.0. The summed E-state index contributed by atoms with van der Waals surface area (Å²) in [7, 11) is 1.66. The van der Waals surface area contributed by atoms with Gasteiger partial charge in [-0.05, 0) is 104 Å². The highest BCUT2D eigenvalue weighted by Crippen LogP contribution is 2.57. The normalized spacial score (nSPS) is 22.5. The highest BCUT2D eigenvalue weighted by atomic mass is 32.1. The van der Waals surface area contributed by atoms with Gasteiger partial charge in [0, 0.05) is 49.1 Å². The van der Waals surface area contributed by atoms with Crippen LogP contribution in [0.15, 0.2) is 60.8 Å². The van der Waals surface area contributed by atoms with Crippen LogP contribution in [-0.4, -0.2) is 95.6 Å². The third-order valence-electron chi connectivity index (χ3n) is 12.5. The van der Waals surface area contributed by atoms with Crippen molar-refractivity contribution in [1.29, 1.82) is 0 Å². The molecule has 4 heterocycles. The largest absolute Gasteiger partial charge is 0.476 e. The number of ether oxygens (including phenoxy) is 4. The van der Waals surface area contributed by atoms with Crippen molar-refractivity contribution in [3.63, 3.8) is 0 Å². The smallest absolute Gasteiger partial charge is 0.355 e. The molecule has 2 unspecified atom stereocenters. The van der Waals surface area contributed by atoms with E-state index in [1.165, 1.54) is 11.3 Å². The van der Waals surface area contributed by atoms with E-state index >= 15 is 0 Å². The summed E-state index contributed by atoms with van der Waals surface area (Å²) in [5.41, 5.74) is 5.41. The van der Waals surface area contributed by atoms with Gasteiger partial charge in [-0.15, -0.1) is 0 Å². The van der Waals surface area contributed by atoms with E-state index in [9.17, 15) is 14.7 Å². The summed E-state index contributed by atoms with van der Waals surface area (Å²) >= 11 is 1.44. The minimum Gasteiger partial charge on any atom is -0.476 e. The van der Waals surface area contributed by atoms with E-state index in [1.54, 1.807) is 13.3 Å². The van der Waals surface area contributed by atoms with Gasteiger partial charge in [-0.25, -0.2) is 14.8 Å². The Morgan fingerprint density at radius 2 is 1.65 bits per heavy atom. The SMILES string of the molecule is COCCOCCOCCOC12CC(C)CC(Cn3ncc(-c4ccc(N5CCc6cccc(C(=O)Nc7nc8ccccc8s7)c6C5)nc4C(=O)O)c3C)(CC(C)C1)C2. The molecule has 2 aromatic carbocycles. The Kier molecular flexibility index (Phi) is 12.7. The van der Waals surface area contributed by atoms with Gasteiger partial charge in [0.15, 0.2) is 10.8 Å². The fraction of sp³-hybridized carbons (Fsp3) is 0.500. The maximum absolute atomic E-state index is 13.6. The molecule has 2 aliphatic carbocycles. The number of methoxy groups -OCH3 is 1. The highest BCUT2D eigenvalue weighted by molar-refractivity contribution is 7.22. The molecule has 14 heteroatoms. The summed E-state index contributed by atoms with van der Waals surface area (Å²) in [6, 6.07) is 17.3. The molecule has 8 rings (SSSR count). The zero-order chi connectivity index (χ0) is 41.9. The summed E-state index contributed by atoms with van der Waals surface area (Å²) in [6.07, 6.45) is 7.69. The van der Waals surface area contributed by atoms with Crippen LogP contribution in [0.2, 0.25) is 0 Å². The van der Waals surface area contributed by atoms with Crippen LogP contribution < -0.4 is 10.2 Å². The van der Waals surface area contributed by atoms with Crippen LogP contribution in [0.4, 0.5) is 10.9 Å². The first kappa shape index (κ1) is 42.0. The average molecular weight is 837 g/mol. The van der Waals surface area contributed by atoms with E-state index < -0.39 is 5.97 Å². The number of fused-ring (bicyclic) bond motifs is 4. The molecule has 1 aliphatic heterocycles. The standard InChI is InChI=1S/C46H56N6O7S/c1-30-22-45(23-31(2)25-46(24-30,28-45)59-21-20-58-19-18-57-17-16-56-4)29-52-32(3)36(26-47-52)34-12-13-40(49-41(34)43(54)55)51-15-14-33-8-7-9-35(37(33)27-51)42(53)50-44-48-38-10-5-6-11-39(38)60-44/h5-13,26,30-31H,14-25,27-29H2,1-4H3,(H,54,55)(H,48,50,53). The summed E-state index contributed by atoms with van der Waals surface area (Å²) in [4.78, 5) is 37.9. The van der Waals surface area contributed by atoms with Gasteiger partial charge in [0.25, 0.3) is 5.91 Å². The van der Waals surface area contributed by atoms with E-state index in [4.69, 9.17) is 29.0 Å². The second-order valence-corrected chi connectivity index (χ2v) is 18.2. The number of carboxylic acids is 1. The van der Waals surface area contributed by atoms with E-state index in [0.29, 0.717) is 93.1 Å². The highest BCUT2D eigenvalue weighted by Gasteiger charge is 2.53. The number of carbonyl (C=O) groups excluding carboxylic acids is 1. The maximum atomic E-state index is 13.6. The minimum atomic E-state index is -1.10. The molecule has 3 aromatic heterocycles. The number of benzene rings is 2. The number of nitrogens with zero attached hydrogens (tertiary/aromatic N) is 5. The van der Waals surface area contributed by atoms with Gasteiger partial charge in [0.1, 0.15) is 5.82 Å². The molecule has 2 fully saturated rings. The number of rotatable bonds is 17. The zero-order valence-electron chi connectivity index (χ0n) is 35.1. The van der Waals surface area contributed by atoms with Crippen LogP contribution in [-0.2, 0) is 38.5 Å². The Morgan fingerprint density at radius 3 is 2.40 bits per heavy atom. The number of carbonyl (C=O) groups is 2. The summed E-state index contributed by atoms with van der Waals surface area (Å²) in [5.74, 6) is 0.226. The molecule has 0 saturated heterocycles. The van der Waals surface area contributed by atoms with E-state index in [1.807, 2.05) is 55.5 Å². The maximum Gasteiger partial charge on any atom is 0.355 e. The first-order valence-corrected chi connectivity index (χ1v) is 21.9. The Hall–Kier alpha value is -4.73. The number of hydrogen-bond acceptors (Lipinski definition) is 11. The predicted molar refractivity (Wildman–Crippen MR) is 232 cm³/mol. The third kappa shape index (κ3) is 9.13. The number of hydrogen-bond donors (Lipinski definition) is 2. The molecule has 0 radical (unpaired) electrons. The van der Waals surface area contributed by atoms with Crippen molar-refractivity contribution in [2.24, 2.45) is 17.3 Å². The van der Waals surface area contributed by atoms with Crippen molar-refractivity contribution in [3.8, 4) is 11.1 Å². The van der Waals surface area contributed by atoms with E-state index in [2.05, 4.69) is 39.8 Å². The van der Waals surface area contributed by atoms with E-state index in [0.717, 1.165) is 71.2 Å². The molecule has 318 valence electrons. The number of aromatic carboxylic acids is 1. The number of nitrogens with one attached hydrogen (secondary N) is 1. The van der Waals surface area contributed by atoms with Crippen molar-refractivity contribution in [2.75, 3.05) is 63.5 Å². The summed E-state index contributed by atoms with van der Waals surface area (Å²) < 4.78 is 26.2. The lowest BCUT2D eigenvalue weighted by Gasteiger charge is -2.56. The molecule has 2 atom stereocenters. The Labute approximate surface area is 355 Å². The molecule has 2 saturated carbocycles. The molecule has 2 bridgehead atoms. The van der Waals surface area contributed by atoms with Gasteiger partial charge in [0.05, 0.1) is 61.7 Å². The number of aromatic nitrogens is 4. The minimum absolute atomic E-state index is 0.00582. The first-order valence-electron chi connectivity index (χ1n) is 21.1. The molecule has 0 spiro atoms. The Bertz CT molecular complexity index is 2280. The fourth-order valence-electron chi connectivity index (χ4n) is 10.4. The van der Waals surface area contributed by atoms with Crippen LogP contribution in [0, 0.1) is 24.2 Å². The number of carboxylic acid groups (broad SMARTS) is 1. The monoisotopic (exact) mass is 836 g/mol. The van der Waals surface area contributed by atoms with Crippen molar-refractivity contribution >= 4 is 44.4 Å². The number of anilines is 2. The molecule has 3 aliphatic rings. The number of para-hydroxylation sites is 1. The number of pyridine rings is 1. The van der Waals surface area contributed by atoms with Crippen molar-refractivity contribution < 1.29 is 33.6 Å². The molecule has 60 heavy (non-hydrogen) atoms. The lowest BCUT2D eigenvalue weighted by atomic mass is 9.54. The third-order valence-corrected chi connectivity index (χ3v) is 13.4. The van der Waals surface area contributed by atoms with Gasteiger partial charge in [-0.1, -0.05) is 49.4 Å². The van der Waals surface area contributed by atoms with Crippen LogP contribution in [0.3, 0.4) is 0 Å². The van der Waals surface area contributed by atoms with Gasteiger partial charge in [-0.3, -0.25) is 14.8 Å². The van der Waals surface area contributed by atoms with Crippen LogP contribution in [0.5, 0.6) is 0 Å². The first-order chi connectivity index (χ1) is 29.0. The molecule has 13 nitrogen and oxygen atoms in total. The quantitative estimate of drug-likeness (QED) is 0.0877. The molecular formula is C46H56N6O7S. The van der Waals surface area contributed by atoms with Crippen LogP contribution in [0.25, 0.3) is 21.3 Å². The van der Waals surface area contributed by atoms with E-state index in [-0.39, 0.29) is 22.6 Å². The van der Waals surface area contributed by atoms with Crippen molar-refractivity contribution in [1.82, 2.24) is 19.7 Å². The van der Waals surface area contributed by atoms with Gasteiger partial charge < -0.3 is 29.0 Å². The lowest BCUT2D eigenvalue weighted by Crippen LogP contribution is -2.53. The second-order valence-electron chi connectivity index (χ2n) is 17.2. The molecule has 5 aromatic rings. The number of amides is 1. The lowest BCUT2D eigenvalue weighted by molar-refractivity contribution is -0.169. The summed E-state index contributed by atoms with van der Waals surface area (Å²) in [6.45, 7) is 11.8.